The Bertz CT molecular complexity index is 666. The molecule has 2 N–H and O–H groups in total. The van der Waals surface area contributed by atoms with Crippen molar-refractivity contribution < 1.29 is 0 Å². The minimum Gasteiger partial charge on any atom is -0.383 e. The summed E-state index contributed by atoms with van der Waals surface area (Å²) >= 11 is 3.60. The molecule has 2 heterocycles. The average molecular weight is 350 g/mol. The summed E-state index contributed by atoms with van der Waals surface area (Å²) in [6.45, 7) is 4.56. The lowest BCUT2D eigenvalue weighted by Gasteiger charge is -2.18. The number of thiophene rings is 1. The lowest BCUT2D eigenvalue weighted by atomic mass is 9.87. The summed E-state index contributed by atoms with van der Waals surface area (Å²) in [5, 5.41) is 2.00. The van der Waals surface area contributed by atoms with Gasteiger partial charge in [0.1, 0.15) is 10.6 Å². The second kappa shape index (κ2) is 7.84. The minimum atomic E-state index is 0.593. The Labute approximate surface area is 147 Å². The Morgan fingerprint density at radius 2 is 2.04 bits per heavy atom. The van der Waals surface area contributed by atoms with Crippen LogP contribution in [0.2, 0.25) is 0 Å². The summed E-state index contributed by atoms with van der Waals surface area (Å²) in [6.07, 6.45) is 10.3. The fourth-order valence-corrected chi connectivity index (χ4v) is 5.68. The molecule has 3 nitrogen and oxygen atoms in total. The van der Waals surface area contributed by atoms with Crippen molar-refractivity contribution in [1.29, 1.82) is 0 Å². The average Bonchev–Trinajstić information content (AvgIpc) is 2.91. The van der Waals surface area contributed by atoms with Gasteiger partial charge in [0, 0.05) is 10.6 Å². The smallest absolute Gasteiger partial charge is 0.190 e. The van der Waals surface area contributed by atoms with E-state index in [-0.39, 0.29) is 0 Å². The first-order chi connectivity index (χ1) is 11.2. The topological polar surface area (TPSA) is 51.8 Å². The van der Waals surface area contributed by atoms with Crippen LogP contribution in [0.1, 0.15) is 75.2 Å². The summed E-state index contributed by atoms with van der Waals surface area (Å²) in [5.41, 5.74) is 7.74. The molecule has 1 atom stereocenters. The summed E-state index contributed by atoms with van der Waals surface area (Å²) in [5.74, 6) is 2.38. The highest BCUT2D eigenvalue weighted by Gasteiger charge is 2.24. The third-order valence-electron chi connectivity index (χ3n) is 4.69. The van der Waals surface area contributed by atoms with E-state index in [2.05, 4.69) is 18.8 Å². The van der Waals surface area contributed by atoms with E-state index in [9.17, 15) is 0 Å². The van der Waals surface area contributed by atoms with Crippen LogP contribution in [0.5, 0.6) is 0 Å². The minimum absolute atomic E-state index is 0.593. The maximum absolute atomic E-state index is 6.30. The highest BCUT2D eigenvalue weighted by Crippen LogP contribution is 2.43. The Hall–Kier alpha value is -0.810. The van der Waals surface area contributed by atoms with Crippen molar-refractivity contribution >= 4 is 39.1 Å². The maximum Gasteiger partial charge on any atom is 0.190 e. The zero-order valence-electron chi connectivity index (χ0n) is 14.2. The van der Waals surface area contributed by atoms with Crippen molar-refractivity contribution in [1.82, 2.24) is 9.97 Å². The van der Waals surface area contributed by atoms with Gasteiger partial charge < -0.3 is 5.73 Å². The van der Waals surface area contributed by atoms with Crippen molar-refractivity contribution in [2.75, 3.05) is 11.5 Å². The van der Waals surface area contributed by atoms with Crippen LogP contribution in [-0.2, 0) is 6.42 Å². The Morgan fingerprint density at radius 3 is 2.87 bits per heavy atom. The Kier molecular flexibility index (Phi) is 5.81. The number of nitrogens with two attached hydrogens (primary N) is 1. The second-order valence-electron chi connectivity index (χ2n) is 6.57. The van der Waals surface area contributed by atoms with E-state index in [0.717, 1.165) is 21.1 Å². The normalized spacial score (nSPS) is 17.6. The second-order valence-corrected chi connectivity index (χ2v) is 8.71. The third kappa shape index (κ3) is 3.82. The molecule has 23 heavy (non-hydrogen) atoms. The molecule has 0 saturated heterocycles. The van der Waals surface area contributed by atoms with Gasteiger partial charge in [-0.3, -0.25) is 0 Å². The molecule has 0 aromatic carbocycles. The standard InChI is InChI=1S/C18H27N3S2/c1-3-4-5-6-7-11-22-18-20-16(19)15-14-12(2)9-8-10-13(14)23-17(15)21-18/h12H,3-11H2,1-2H3,(H2,19,20,21)/t12-/m1/s1. The van der Waals surface area contributed by atoms with Gasteiger partial charge in [0.25, 0.3) is 0 Å². The number of fused-ring (bicyclic) bond motifs is 3. The molecule has 3 rings (SSSR count). The lowest BCUT2D eigenvalue weighted by Crippen LogP contribution is -2.05. The maximum atomic E-state index is 6.30. The van der Waals surface area contributed by atoms with Crippen LogP contribution >= 0.6 is 23.1 Å². The van der Waals surface area contributed by atoms with Gasteiger partial charge in [-0.2, -0.15) is 0 Å². The fourth-order valence-electron chi connectivity index (χ4n) is 3.43. The number of hydrogen-bond acceptors (Lipinski definition) is 5. The van der Waals surface area contributed by atoms with Crippen molar-refractivity contribution in [2.24, 2.45) is 0 Å². The first-order valence-electron chi connectivity index (χ1n) is 8.92. The highest BCUT2D eigenvalue weighted by atomic mass is 32.2. The quantitative estimate of drug-likeness (QED) is 0.391. The molecule has 0 radical (unpaired) electrons. The van der Waals surface area contributed by atoms with Crippen LogP contribution in [0.4, 0.5) is 5.82 Å². The summed E-state index contributed by atoms with van der Waals surface area (Å²) in [6, 6.07) is 0. The van der Waals surface area contributed by atoms with Crippen molar-refractivity contribution in [2.45, 2.75) is 76.3 Å². The summed E-state index contributed by atoms with van der Waals surface area (Å²) in [4.78, 5) is 12.0. The molecule has 0 bridgehead atoms. The van der Waals surface area contributed by atoms with Gasteiger partial charge in [-0.15, -0.1) is 11.3 Å². The van der Waals surface area contributed by atoms with Crippen LogP contribution < -0.4 is 5.73 Å². The van der Waals surface area contributed by atoms with E-state index in [1.165, 1.54) is 61.8 Å². The van der Waals surface area contributed by atoms with Gasteiger partial charge in [-0.05, 0) is 37.2 Å². The number of nitrogens with zero attached hydrogens (tertiary/aromatic N) is 2. The lowest BCUT2D eigenvalue weighted by molar-refractivity contribution is 0.602. The Morgan fingerprint density at radius 1 is 1.22 bits per heavy atom. The predicted molar refractivity (Wildman–Crippen MR) is 103 cm³/mol. The van der Waals surface area contributed by atoms with Crippen LogP contribution in [0.25, 0.3) is 10.2 Å². The molecule has 0 unspecified atom stereocenters. The van der Waals surface area contributed by atoms with Crippen LogP contribution in [0.3, 0.4) is 0 Å². The van der Waals surface area contributed by atoms with Crippen LogP contribution in [-0.4, -0.2) is 15.7 Å². The van der Waals surface area contributed by atoms with Crippen molar-refractivity contribution in [3.63, 3.8) is 0 Å². The van der Waals surface area contributed by atoms with Gasteiger partial charge in [-0.1, -0.05) is 51.3 Å². The molecule has 0 saturated carbocycles. The number of aryl methyl sites for hydroxylation is 1. The van der Waals surface area contributed by atoms with Gasteiger partial charge in [0.05, 0.1) is 5.39 Å². The van der Waals surface area contributed by atoms with E-state index in [1.54, 1.807) is 11.8 Å². The van der Waals surface area contributed by atoms with Gasteiger partial charge in [-0.25, -0.2) is 9.97 Å². The Balaban J connectivity index is 1.72. The summed E-state index contributed by atoms with van der Waals surface area (Å²) in [7, 11) is 0. The van der Waals surface area contributed by atoms with Crippen molar-refractivity contribution in [3.05, 3.63) is 10.4 Å². The van der Waals surface area contributed by atoms with E-state index in [0.29, 0.717) is 11.7 Å². The first-order valence-corrected chi connectivity index (χ1v) is 10.7. The number of nitrogen functional groups attached to an aromatic ring is 1. The zero-order valence-corrected chi connectivity index (χ0v) is 15.9. The molecule has 5 heteroatoms. The molecule has 0 spiro atoms. The SMILES string of the molecule is CCCCCCCSc1nc(N)c2c3c(sc2n1)CCC[C@H]3C. The van der Waals surface area contributed by atoms with Gasteiger partial charge in [0.2, 0.25) is 0 Å². The summed E-state index contributed by atoms with van der Waals surface area (Å²) < 4.78 is 0. The predicted octanol–water partition coefficient (Wildman–Crippen LogP) is 5.78. The molecule has 1 aliphatic carbocycles. The van der Waals surface area contributed by atoms with Gasteiger partial charge in [0.15, 0.2) is 5.16 Å². The van der Waals surface area contributed by atoms with Gasteiger partial charge >= 0.3 is 0 Å². The first kappa shape index (κ1) is 17.0. The van der Waals surface area contributed by atoms with E-state index in [1.807, 2.05) is 11.3 Å². The molecule has 0 fully saturated rings. The van der Waals surface area contributed by atoms with E-state index >= 15 is 0 Å². The number of rotatable bonds is 7. The van der Waals surface area contributed by atoms with Crippen LogP contribution in [0, 0.1) is 0 Å². The molecule has 1 aliphatic rings. The number of hydrogen-bond donors (Lipinski definition) is 1. The molecule has 0 aliphatic heterocycles. The highest BCUT2D eigenvalue weighted by molar-refractivity contribution is 7.99. The molecular formula is C18H27N3S2. The number of aromatic nitrogens is 2. The largest absolute Gasteiger partial charge is 0.383 e. The monoisotopic (exact) mass is 349 g/mol. The number of unbranched alkanes of at least 4 members (excludes halogenated alkanes) is 4. The molecule has 126 valence electrons. The van der Waals surface area contributed by atoms with Crippen LogP contribution in [0.15, 0.2) is 5.16 Å². The number of anilines is 1. The molecular weight excluding hydrogens is 322 g/mol. The molecule has 2 aromatic rings. The molecule has 2 aromatic heterocycles. The molecule has 0 amide bonds. The fraction of sp³-hybridized carbons (Fsp3) is 0.667. The van der Waals surface area contributed by atoms with E-state index < -0.39 is 0 Å². The van der Waals surface area contributed by atoms with E-state index in [4.69, 9.17) is 10.7 Å². The number of thioether (sulfide) groups is 1. The third-order valence-corrected chi connectivity index (χ3v) is 6.78. The van der Waals surface area contributed by atoms with Crippen molar-refractivity contribution in [3.8, 4) is 0 Å². The zero-order chi connectivity index (χ0) is 16.2.